The second kappa shape index (κ2) is 4.03. The van der Waals surface area contributed by atoms with Gasteiger partial charge in [0.25, 0.3) is 0 Å². The van der Waals surface area contributed by atoms with Crippen LogP contribution in [0.3, 0.4) is 0 Å². The molecule has 0 radical (unpaired) electrons. The Morgan fingerprint density at radius 3 is 2.89 bits per heavy atom. The van der Waals surface area contributed by atoms with E-state index in [9.17, 15) is 0 Å². The van der Waals surface area contributed by atoms with E-state index in [0.717, 1.165) is 33.0 Å². The third-order valence-corrected chi connectivity index (χ3v) is 3.45. The van der Waals surface area contributed by atoms with Crippen LogP contribution in [-0.4, -0.2) is 9.97 Å². The van der Waals surface area contributed by atoms with Gasteiger partial charge in [0.05, 0.1) is 16.1 Å². The fourth-order valence-electron chi connectivity index (χ4n) is 1.99. The Bertz CT molecular complexity index is 731. The summed E-state index contributed by atoms with van der Waals surface area (Å²) in [4.78, 5) is 7.78. The van der Waals surface area contributed by atoms with Gasteiger partial charge in [0.2, 0.25) is 0 Å². The second-order valence-corrected chi connectivity index (χ2v) is 4.68. The zero-order valence-electron chi connectivity index (χ0n) is 9.87. The van der Waals surface area contributed by atoms with Crippen LogP contribution in [0.4, 0.5) is 5.69 Å². The molecular formula is C14H12ClN3. The van der Waals surface area contributed by atoms with E-state index in [0.29, 0.717) is 5.69 Å². The third kappa shape index (κ3) is 1.73. The standard InChI is InChI=1S/C14H12ClN3/c1-8-3-2-4-10(13(8)15)14-17-11-6-5-9(16)7-12(11)18-14/h2-7H,16H2,1H3,(H,17,18). The van der Waals surface area contributed by atoms with Crippen LogP contribution in [0.5, 0.6) is 0 Å². The predicted molar refractivity (Wildman–Crippen MR) is 75.7 cm³/mol. The molecule has 0 aliphatic carbocycles. The van der Waals surface area contributed by atoms with Gasteiger partial charge < -0.3 is 10.7 Å². The van der Waals surface area contributed by atoms with Crippen molar-refractivity contribution in [3.05, 3.63) is 47.0 Å². The number of hydrogen-bond donors (Lipinski definition) is 2. The number of nitrogens with zero attached hydrogens (tertiary/aromatic N) is 1. The number of benzene rings is 2. The molecule has 2 aromatic carbocycles. The molecule has 3 aromatic rings. The van der Waals surface area contributed by atoms with Crippen molar-refractivity contribution < 1.29 is 0 Å². The first-order valence-electron chi connectivity index (χ1n) is 5.66. The zero-order valence-corrected chi connectivity index (χ0v) is 10.6. The van der Waals surface area contributed by atoms with Gasteiger partial charge in [0.15, 0.2) is 0 Å². The molecule has 0 atom stereocenters. The van der Waals surface area contributed by atoms with Gasteiger partial charge in [-0.05, 0) is 36.8 Å². The first-order chi connectivity index (χ1) is 8.65. The molecule has 0 spiro atoms. The van der Waals surface area contributed by atoms with Crippen LogP contribution in [0.1, 0.15) is 5.56 Å². The van der Waals surface area contributed by atoms with E-state index in [1.807, 2.05) is 43.3 Å². The number of aromatic amines is 1. The Morgan fingerprint density at radius 2 is 2.06 bits per heavy atom. The maximum Gasteiger partial charge on any atom is 0.140 e. The number of imidazole rings is 1. The number of H-pyrrole nitrogens is 1. The predicted octanol–water partition coefficient (Wildman–Crippen LogP) is 3.77. The SMILES string of the molecule is Cc1cccc(-c2nc3ccc(N)cc3[nH]2)c1Cl. The Kier molecular flexibility index (Phi) is 2.49. The smallest absolute Gasteiger partial charge is 0.140 e. The number of nitrogens with two attached hydrogens (primary N) is 1. The normalized spacial score (nSPS) is 11.0. The highest BCUT2D eigenvalue weighted by Crippen LogP contribution is 2.30. The van der Waals surface area contributed by atoms with E-state index in [-0.39, 0.29) is 0 Å². The molecule has 0 aliphatic rings. The third-order valence-electron chi connectivity index (χ3n) is 2.95. The van der Waals surface area contributed by atoms with Crippen molar-refractivity contribution in [1.29, 1.82) is 0 Å². The fourth-order valence-corrected chi connectivity index (χ4v) is 2.20. The van der Waals surface area contributed by atoms with Crippen LogP contribution in [0, 0.1) is 6.92 Å². The quantitative estimate of drug-likeness (QED) is 0.652. The molecule has 0 bridgehead atoms. The average molecular weight is 258 g/mol. The summed E-state index contributed by atoms with van der Waals surface area (Å²) >= 11 is 6.30. The number of hydrogen-bond acceptors (Lipinski definition) is 2. The highest BCUT2D eigenvalue weighted by molar-refractivity contribution is 6.34. The molecule has 0 saturated carbocycles. The topological polar surface area (TPSA) is 54.7 Å². The van der Waals surface area contributed by atoms with Crippen LogP contribution in [0.15, 0.2) is 36.4 Å². The van der Waals surface area contributed by atoms with Gasteiger partial charge in [-0.1, -0.05) is 23.7 Å². The fraction of sp³-hybridized carbons (Fsp3) is 0.0714. The van der Waals surface area contributed by atoms with Gasteiger partial charge in [-0.15, -0.1) is 0 Å². The summed E-state index contributed by atoms with van der Waals surface area (Å²) in [6, 6.07) is 11.5. The van der Waals surface area contributed by atoms with Crippen LogP contribution in [0.25, 0.3) is 22.4 Å². The van der Waals surface area contributed by atoms with Crippen molar-refractivity contribution in [2.75, 3.05) is 5.73 Å². The lowest BCUT2D eigenvalue weighted by atomic mass is 10.1. The molecule has 1 heterocycles. The lowest BCUT2D eigenvalue weighted by molar-refractivity contribution is 1.32. The molecule has 3 rings (SSSR count). The molecule has 1 aromatic heterocycles. The molecule has 0 unspecified atom stereocenters. The van der Waals surface area contributed by atoms with E-state index in [1.54, 1.807) is 0 Å². The number of halogens is 1. The molecule has 0 saturated heterocycles. The molecule has 90 valence electrons. The van der Waals surface area contributed by atoms with E-state index in [4.69, 9.17) is 17.3 Å². The van der Waals surface area contributed by atoms with Crippen molar-refractivity contribution in [1.82, 2.24) is 9.97 Å². The minimum Gasteiger partial charge on any atom is -0.399 e. The summed E-state index contributed by atoms with van der Waals surface area (Å²) in [5, 5.41) is 0.726. The van der Waals surface area contributed by atoms with Crippen molar-refractivity contribution >= 4 is 28.3 Å². The van der Waals surface area contributed by atoms with Gasteiger partial charge in [-0.25, -0.2) is 4.98 Å². The van der Waals surface area contributed by atoms with Crippen LogP contribution in [0.2, 0.25) is 5.02 Å². The summed E-state index contributed by atoms with van der Waals surface area (Å²) in [5.74, 6) is 0.768. The number of nitrogen functional groups attached to an aromatic ring is 1. The number of rotatable bonds is 1. The molecule has 4 heteroatoms. The van der Waals surface area contributed by atoms with Crippen LogP contribution in [-0.2, 0) is 0 Å². The summed E-state index contributed by atoms with van der Waals surface area (Å²) in [6.45, 7) is 1.98. The maximum absolute atomic E-state index is 6.30. The van der Waals surface area contributed by atoms with E-state index in [1.165, 1.54) is 0 Å². The van der Waals surface area contributed by atoms with Gasteiger partial charge >= 0.3 is 0 Å². The molecular weight excluding hydrogens is 246 g/mol. The zero-order chi connectivity index (χ0) is 12.7. The summed E-state index contributed by atoms with van der Waals surface area (Å²) < 4.78 is 0. The van der Waals surface area contributed by atoms with Crippen molar-refractivity contribution in [2.45, 2.75) is 6.92 Å². The monoisotopic (exact) mass is 257 g/mol. The number of anilines is 1. The highest BCUT2D eigenvalue weighted by atomic mass is 35.5. The lowest BCUT2D eigenvalue weighted by Crippen LogP contribution is -1.84. The Hall–Kier alpha value is -2.00. The van der Waals surface area contributed by atoms with E-state index in [2.05, 4.69) is 9.97 Å². The van der Waals surface area contributed by atoms with Gasteiger partial charge in [-0.3, -0.25) is 0 Å². The van der Waals surface area contributed by atoms with Crippen molar-refractivity contribution in [3.8, 4) is 11.4 Å². The molecule has 0 fully saturated rings. The Balaban J connectivity index is 2.22. The maximum atomic E-state index is 6.30. The second-order valence-electron chi connectivity index (χ2n) is 4.30. The Labute approximate surface area is 110 Å². The molecule has 0 aliphatic heterocycles. The molecule has 0 amide bonds. The highest BCUT2D eigenvalue weighted by Gasteiger charge is 2.10. The first kappa shape index (κ1) is 11.1. The molecule has 3 nitrogen and oxygen atoms in total. The number of aromatic nitrogens is 2. The number of nitrogens with one attached hydrogen (secondary N) is 1. The van der Waals surface area contributed by atoms with Gasteiger partial charge in [-0.2, -0.15) is 0 Å². The van der Waals surface area contributed by atoms with E-state index < -0.39 is 0 Å². The average Bonchev–Trinajstić information content (AvgIpc) is 2.75. The van der Waals surface area contributed by atoms with Gasteiger partial charge in [0, 0.05) is 11.3 Å². The lowest BCUT2D eigenvalue weighted by Gasteiger charge is -2.02. The number of fused-ring (bicyclic) bond motifs is 1. The van der Waals surface area contributed by atoms with Crippen LogP contribution < -0.4 is 5.73 Å². The van der Waals surface area contributed by atoms with Crippen LogP contribution >= 0.6 is 11.6 Å². The largest absolute Gasteiger partial charge is 0.399 e. The summed E-state index contributed by atoms with van der Waals surface area (Å²) in [7, 11) is 0. The minimum atomic E-state index is 0.716. The molecule has 18 heavy (non-hydrogen) atoms. The first-order valence-corrected chi connectivity index (χ1v) is 6.03. The Morgan fingerprint density at radius 1 is 1.22 bits per heavy atom. The number of aryl methyl sites for hydroxylation is 1. The van der Waals surface area contributed by atoms with E-state index >= 15 is 0 Å². The minimum absolute atomic E-state index is 0.716. The molecule has 3 N–H and O–H groups in total. The summed E-state index contributed by atoms with van der Waals surface area (Å²) in [6.07, 6.45) is 0. The summed E-state index contributed by atoms with van der Waals surface area (Å²) in [5.41, 5.74) is 10.2. The van der Waals surface area contributed by atoms with Crippen molar-refractivity contribution in [3.63, 3.8) is 0 Å². The van der Waals surface area contributed by atoms with Crippen molar-refractivity contribution in [2.24, 2.45) is 0 Å². The van der Waals surface area contributed by atoms with Gasteiger partial charge in [0.1, 0.15) is 5.82 Å².